The third kappa shape index (κ3) is 4.40. The molecule has 0 aliphatic carbocycles. The molecular weight excluding hydrogens is 194 g/mol. The maximum Gasteiger partial charge on any atom is 0.226 e. The molecule has 0 aliphatic heterocycles. The topological polar surface area (TPSA) is 62.4 Å². The van der Waals surface area contributed by atoms with Crippen molar-refractivity contribution >= 4 is 0 Å². The molecule has 1 unspecified atom stereocenters. The summed E-state index contributed by atoms with van der Waals surface area (Å²) >= 11 is 0. The van der Waals surface area contributed by atoms with E-state index in [1.165, 1.54) is 0 Å². The van der Waals surface area contributed by atoms with E-state index in [0.717, 1.165) is 19.4 Å². The summed E-state index contributed by atoms with van der Waals surface area (Å²) in [7, 11) is 1.98. The van der Waals surface area contributed by atoms with Crippen molar-refractivity contribution in [1.29, 1.82) is 0 Å². The van der Waals surface area contributed by atoms with Crippen molar-refractivity contribution in [3.63, 3.8) is 0 Å². The lowest BCUT2D eigenvalue weighted by molar-refractivity contribution is 0.161. The van der Waals surface area contributed by atoms with Crippen LogP contribution in [0.25, 0.3) is 0 Å². The predicted octanol–water partition coefficient (Wildman–Crippen LogP) is 0.835. The summed E-state index contributed by atoms with van der Waals surface area (Å²) in [6.07, 6.45) is 1.27. The molecule has 0 aromatic carbocycles. The van der Waals surface area contributed by atoms with E-state index in [2.05, 4.69) is 15.0 Å². The van der Waals surface area contributed by atoms with Crippen molar-refractivity contribution in [2.24, 2.45) is 0 Å². The molecule has 1 rings (SSSR count). The fourth-order valence-electron chi connectivity index (χ4n) is 1.23. The Hall–Kier alpha value is -0.940. The number of hydrogen-bond acceptors (Lipinski definition) is 5. The second-order valence-corrected chi connectivity index (χ2v) is 3.83. The van der Waals surface area contributed by atoms with Crippen LogP contribution in [0.3, 0.4) is 0 Å². The van der Waals surface area contributed by atoms with Gasteiger partial charge in [-0.25, -0.2) is 0 Å². The molecule has 5 heteroatoms. The van der Waals surface area contributed by atoms with Crippen molar-refractivity contribution in [1.82, 2.24) is 15.0 Å². The fourth-order valence-corrected chi connectivity index (χ4v) is 1.23. The quantitative estimate of drug-likeness (QED) is 0.758. The summed E-state index contributed by atoms with van der Waals surface area (Å²) in [6.45, 7) is 5.26. The number of nitrogens with zero attached hydrogens (tertiary/aromatic N) is 3. The molecule has 0 saturated carbocycles. The number of aromatic nitrogens is 2. The van der Waals surface area contributed by atoms with Gasteiger partial charge in [0.25, 0.3) is 0 Å². The Morgan fingerprint density at radius 2 is 2.27 bits per heavy atom. The molecule has 0 spiro atoms. The van der Waals surface area contributed by atoms with E-state index in [1.54, 1.807) is 6.92 Å². The summed E-state index contributed by atoms with van der Waals surface area (Å²) in [5, 5.41) is 13.0. The maximum atomic E-state index is 9.13. The smallest absolute Gasteiger partial charge is 0.226 e. The Bertz CT molecular complexity index is 286. The highest BCUT2D eigenvalue weighted by molar-refractivity contribution is 4.85. The first-order chi connectivity index (χ1) is 7.11. The normalized spacial score (nSPS) is 13.4. The van der Waals surface area contributed by atoms with E-state index in [4.69, 9.17) is 9.63 Å². The zero-order valence-corrected chi connectivity index (χ0v) is 9.60. The highest BCUT2D eigenvalue weighted by Gasteiger charge is 2.08. The highest BCUT2D eigenvalue weighted by atomic mass is 16.5. The van der Waals surface area contributed by atoms with E-state index in [-0.39, 0.29) is 6.10 Å². The van der Waals surface area contributed by atoms with E-state index >= 15 is 0 Å². The molecule has 15 heavy (non-hydrogen) atoms. The van der Waals surface area contributed by atoms with Crippen molar-refractivity contribution < 1.29 is 9.63 Å². The van der Waals surface area contributed by atoms with Crippen LogP contribution in [0.5, 0.6) is 0 Å². The maximum absolute atomic E-state index is 9.13. The van der Waals surface area contributed by atoms with Gasteiger partial charge in [0, 0.05) is 13.0 Å². The van der Waals surface area contributed by atoms with Gasteiger partial charge >= 0.3 is 0 Å². The SMILES string of the molecule is CCc1nc(CN(C)CCC(C)O)no1. The Morgan fingerprint density at radius 1 is 1.53 bits per heavy atom. The summed E-state index contributed by atoms with van der Waals surface area (Å²) in [6, 6.07) is 0. The van der Waals surface area contributed by atoms with Crippen LogP contribution in [-0.4, -0.2) is 39.8 Å². The zero-order valence-electron chi connectivity index (χ0n) is 9.60. The van der Waals surface area contributed by atoms with Crippen LogP contribution in [0.2, 0.25) is 0 Å². The first-order valence-corrected chi connectivity index (χ1v) is 5.30. The van der Waals surface area contributed by atoms with Crippen molar-refractivity contribution in [3.8, 4) is 0 Å². The lowest BCUT2D eigenvalue weighted by Crippen LogP contribution is -2.22. The molecule has 0 saturated heterocycles. The van der Waals surface area contributed by atoms with Gasteiger partial charge in [0.15, 0.2) is 5.82 Å². The zero-order chi connectivity index (χ0) is 11.3. The highest BCUT2D eigenvalue weighted by Crippen LogP contribution is 2.02. The Labute approximate surface area is 90.1 Å². The third-order valence-corrected chi connectivity index (χ3v) is 2.15. The monoisotopic (exact) mass is 213 g/mol. The second kappa shape index (κ2) is 5.82. The standard InChI is InChI=1S/C10H19N3O2/c1-4-10-11-9(12-15-10)7-13(3)6-5-8(2)14/h8,14H,4-7H2,1-3H3. The van der Waals surface area contributed by atoms with Crippen LogP contribution in [0.15, 0.2) is 4.52 Å². The van der Waals surface area contributed by atoms with Crippen LogP contribution in [0.1, 0.15) is 32.0 Å². The first kappa shape index (κ1) is 12.1. The van der Waals surface area contributed by atoms with Gasteiger partial charge in [0.05, 0.1) is 12.6 Å². The number of aryl methyl sites for hydroxylation is 1. The number of aliphatic hydroxyl groups excluding tert-OH is 1. The van der Waals surface area contributed by atoms with Gasteiger partial charge in [-0.1, -0.05) is 12.1 Å². The van der Waals surface area contributed by atoms with Crippen molar-refractivity contribution in [2.75, 3.05) is 13.6 Å². The Morgan fingerprint density at radius 3 is 2.80 bits per heavy atom. The van der Waals surface area contributed by atoms with E-state index in [9.17, 15) is 0 Å². The summed E-state index contributed by atoms with van der Waals surface area (Å²) in [5.74, 6) is 1.38. The average Bonchev–Trinajstić information content (AvgIpc) is 2.62. The minimum atomic E-state index is -0.260. The minimum absolute atomic E-state index is 0.260. The average molecular weight is 213 g/mol. The largest absolute Gasteiger partial charge is 0.393 e. The van der Waals surface area contributed by atoms with Gasteiger partial charge in [-0.2, -0.15) is 4.98 Å². The molecule has 0 radical (unpaired) electrons. The molecule has 0 fully saturated rings. The molecule has 1 N–H and O–H groups in total. The molecule has 1 atom stereocenters. The van der Waals surface area contributed by atoms with Crippen LogP contribution < -0.4 is 0 Å². The van der Waals surface area contributed by atoms with Crippen LogP contribution in [-0.2, 0) is 13.0 Å². The Kier molecular flexibility index (Phi) is 4.71. The first-order valence-electron chi connectivity index (χ1n) is 5.30. The molecule has 1 aromatic rings. The van der Waals surface area contributed by atoms with Gasteiger partial charge in [-0.05, 0) is 20.4 Å². The number of hydrogen-bond donors (Lipinski definition) is 1. The minimum Gasteiger partial charge on any atom is -0.393 e. The van der Waals surface area contributed by atoms with Crippen LogP contribution in [0.4, 0.5) is 0 Å². The van der Waals surface area contributed by atoms with Crippen molar-refractivity contribution in [3.05, 3.63) is 11.7 Å². The van der Waals surface area contributed by atoms with Gasteiger partial charge in [-0.3, -0.25) is 4.90 Å². The van der Waals surface area contributed by atoms with E-state index in [0.29, 0.717) is 18.3 Å². The van der Waals surface area contributed by atoms with Gasteiger partial charge in [-0.15, -0.1) is 0 Å². The van der Waals surface area contributed by atoms with E-state index in [1.807, 2.05) is 14.0 Å². The molecule has 1 heterocycles. The molecule has 0 amide bonds. The van der Waals surface area contributed by atoms with Crippen LogP contribution >= 0.6 is 0 Å². The molecule has 0 bridgehead atoms. The second-order valence-electron chi connectivity index (χ2n) is 3.83. The molecule has 5 nitrogen and oxygen atoms in total. The number of rotatable bonds is 6. The molecule has 86 valence electrons. The lowest BCUT2D eigenvalue weighted by Gasteiger charge is -2.14. The fraction of sp³-hybridized carbons (Fsp3) is 0.800. The third-order valence-electron chi connectivity index (χ3n) is 2.15. The molecule has 1 aromatic heterocycles. The van der Waals surface area contributed by atoms with Gasteiger partial charge < -0.3 is 9.63 Å². The van der Waals surface area contributed by atoms with Gasteiger partial charge in [0.2, 0.25) is 5.89 Å². The van der Waals surface area contributed by atoms with Crippen LogP contribution in [0, 0.1) is 0 Å². The predicted molar refractivity (Wildman–Crippen MR) is 56.3 cm³/mol. The number of aliphatic hydroxyl groups is 1. The summed E-state index contributed by atoms with van der Waals surface area (Å²) in [5.41, 5.74) is 0. The summed E-state index contributed by atoms with van der Waals surface area (Å²) in [4.78, 5) is 6.28. The lowest BCUT2D eigenvalue weighted by atomic mass is 10.3. The summed E-state index contributed by atoms with van der Waals surface area (Å²) < 4.78 is 5.00. The molecular formula is C10H19N3O2. The van der Waals surface area contributed by atoms with Gasteiger partial charge in [0.1, 0.15) is 0 Å². The van der Waals surface area contributed by atoms with E-state index < -0.39 is 0 Å². The Balaban J connectivity index is 2.33. The molecule has 0 aliphatic rings. The van der Waals surface area contributed by atoms with Crippen molar-refractivity contribution in [2.45, 2.75) is 39.3 Å².